The van der Waals surface area contributed by atoms with Gasteiger partial charge in [-0.3, -0.25) is 0 Å². The molecule has 0 aliphatic heterocycles. The number of methoxy groups -OCH3 is 3. The molecule has 1 unspecified atom stereocenters. The molecule has 0 amide bonds. The quantitative estimate of drug-likeness (QED) is 0.351. The monoisotopic (exact) mass is 474 g/mol. The normalized spacial score (nSPS) is 19.7. The SMILES string of the molecule is COC(=O)C1(C(=O)OC)C=C(c2ccc(OC)cc2)C(C)(C[Se]c2ccccc2)C1. The van der Waals surface area contributed by atoms with Gasteiger partial charge >= 0.3 is 184 Å². The molecule has 0 aromatic heterocycles. The Morgan fingerprint density at radius 1 is 0.933 bits per heavy atom. The van der Waals surface area contributed by atoms with Crippen LogP contribution < -0.4 is 9.20 Å². The summed E-state index contributed by atoms with van der Waals surface area (Å²) in [4.78, 5) is 25.6. The van der Waals surface area contributed by atoms with Crippen LogP contribution in [-0.4, -0.2) is 48.2 Å². The summed E-state index contributed by atoms with van der Waals surface area (Å²) < 4.78 is 16.6. The standard InChI is InChI=1S/C24H26O5Se/c1-23(16-30-19-8-6-5-7-9-19)15-24(21(25)28-3,22(26)29-4)14-20(23)17-10-12-18(27-2)13-11-17/h5-14H,15-16H2,1-4H3. The number of hydrogen-bond acceptors (Lipinski definition) is 5. The van der Waals surface area contributed by atoms with Crippen molar-refractivity contribution in [3.8, 4) is 5.75 Å². The molecule has 1 aliphatic carbocycles. The molecule has 0 saturated carbocycles. The average molecular weight is 473 g/mol. The molecular weight excluding hydrogens is 447 g/mol. The number of ether oxygens (including phenoxy) is 3. The van der Waals surface area contributed by atoms with Crippen LogP contribution in [0.25, 0.3) is 5.57 Å². The van der Waals surface area contributed by atoms with E-state index in [1.165, 1.54) is 18.7 Å². The molecule has 0 heterocycles. The van der Waals surface area contributed by atoms with Gasteiger partial charge in [-0.05, 0) is 0 Å². The van der Waals surface area contributed by atoms with Gasteiger partial charge in [-0.1, -0.05) is 0 Å². The number of esters is 2. The Bertz CT molecular complexity index is 920. The summed E-state index contributed by atoms with van der Waals surface area (Å²) in [6, 6.07) is 18.0. The van der Waals surface area contributed by atoms with Crippen LogP contribution in [0.5, 0.6) is 5.75 Å². The Labute approximate surface area is 183 Å². The number of hydrogen-bond donors (Lipinski definition) is 0. The molecule has 2 aromatic carbocycles. The third-order valence-electron chi connectivity index (χ3n) is 5.51. The van der Waals surface area contributed by atoms with Crippen molar-refractivity contribution >= 4 is 36.9 Å². The van der Waals surface area contributed by atoms with Gasteiger partial charge in [-0.15, -0.1) is 0 Å². The molecular formula is C24H26O5Se. The van der Waals surface area contributed by atoms with Crippen molar-refractivity contribution in [3.63, 3.8) is 0 Å². The van der Waals surface area contributed by atoms with Crippen LogP contribution in [0.2, 0.25) is 5.32 Å². The second kappa shape index (κ2) is 9.07. The van der Waals surface area contributed by atoms with E-state index >= 15 is 0 Å². The Balaban J connectivity index is 2.05. The van der Waals surface area contributed by atoms with Crippen molar-refractivity contribution in [2.24, 2.45) is 10.8 Å². The molecule has 5 nitrogen and oxygen atoms in total. The van der Waals surface area contributed by atoms with Gasteiger partial charge in [0, 0.05) is 0 Å². The van der Waals surface area contributed by atoms with Crippen molar-refractivity contribution in [1.29, 1.82) is 0 Å². The Morgan fingerprint density at radius 2 is 1.53 bits per heavy atom. The van der Waals surface area contributed by atoms with E-state index in [0.717, 1.165) is 22.2 Å². The number of allylic oxidation sites excluding steroid dienone is 1. The second-order valence-electron chi connectivity index (χ2n) is 7.58. The van der Waals surface area contributed by atoms with Crippen molar-refractivity contribution < 1.29 is 23.8 Å². The molecule has 3 rings (SSSR count). The van der Waals surface area contributed by atoms with Crippen LogP contribution in [0, 0.1) is 10.8 Å². The molecule has 0 N–H and O–H groups in total. The predicted octanol–water partition coefficient (Wildman–Crippen LogP) is 3.27. The van der Waals surface area contributed by atoms with Crippen LogP contribution >= 0.6 is 0 Å². The van der Waals surface area contributed by atoms with Crippen molar-refractivity contribution in [3.05, 3.63) is 66.2 Å². The van der Waals surface area contributed by atoms with Gasteiger partial charge < -0.3 is 0 Å². The topological polar surface area (TPSA) is 61.8 Å². The fourth-order valence-corrected chi connectivity index (χ4v) is 6.27. The fourth-order valence-electron chi connectivity index (χ4n) is 3.98. The molecule has 30 heavy (non-hydrogen) atoms. The Kier molecular flexibility index (Phi) is 6.69. The van der Waals surface area contributed by atoms with Crippen LogP contribution in [0.15, 0.2) is 60.7 Å². The van der Waals surface area contributed by atoms with E-state index in [1.807, 2.05) is 42.5 Å². The van der Waals surface area contributed by atoms with Gasteiger partial charge in [0.1, 0.15) is 0 Å². The van der Waals surface area contributed by atoms with E-state index in [0.29, 0.717) is 6.42 Å². The number of rotatable bonds is 7. The molecule has 6 heteroatoms. The van der Waals surface area contributed by atoms with E-state index in [2.05, 4.69) is 19.1 Å². The summed E-state index contributed by atoms with van der Waals surface area (Å²) in [5.41, 5.74) is 0.0724. The zero-order chi connectivity index (χ0) is 21.8. The number of carbonyl (C=O) groups is 2. The third kappa shape index (κ3) is 4.16. The summed E-state index contributed by atoms with van der Waals surface area (Å²) >= 11 is 0.171. The van der Waals surface area contributed by atoms with Crippen molar-refractivity contribution in [2.75, 3.05) is 21.3 Å². The molecule has 158 valence electrons. The van der Waals surface area contributed by atoms with Crippen LogP contribution in [0.1, 0.15) is 18.9 Å². The summed E-state index contributed by atoms with van der Waals surface area (Å²) in [5, 5.41) is 0.831. The summed E-state index contributed by atoms with van der Waals surface area (Å²) in [6.45, 7) is 2.11. The minimum atomic E-state index is -1.44. The van der Waals surface area contributed by atoms with Crippen LogP contribution in [-0.2, 0) is 19.1 Å². The first-order valence-electron chi connectivity index (χ1n) is 9.61. The van der Waals surface area contributed by atoms with E-state index < -0.39 is 22.8 Å². The zero-order valence-corrected chi connectivity index (χ0v) is 19.4. The van der Waals surface area contributed by atoms with E-state index in [9.17, 15) is 9.59 Å². The second-order valence-corrected chi connectivity index (χ2v) is 9.78. The summed E-state index contributed by atoms with van der Waals surface area (Å²) in [7, 11) is 4.23. The fraction of sp³-hybridized carbons (Fsp3) is 0.333. The predicted molar refractivity (Wildman–Crippen MR) is 117 cm³/mol. The number of benzene rings is 2. The Hall–Kier alpha value is -2.56. The Morgan fingerprint density at radius 3 is 2.07 bits per heavy atom. The van der Waals surface area contributed by atoms with E-state index in [4.69, 9.17) is 14.2 Å². The van der Waals surface area contributed by atoms with Crippen molar-refractivity contribution in [2.45, 2.75) is 18.7 Å². The molecule has 0 saturated heterocycles. The average Bonchev–Trinajstić information content (AvgIpc) is 3.12. The molecule has 0 spiro atoms. The van der Waals surface area contributed by atoms with Gasteiger partial charge in [-0.2, -0.15) is 0 Å². The van der Waals surface area contributed by atoms with E-state index in [-0.39, 0.29) is 15.0 Å². The van der Waals surface area contributed by atoms with Gasteiger partial charge in [0.05, 0.1) is 0 Å². The number of carbonyl (C=O) groups excluding carboxylic acids is 2. The molecule has 0 bridgehead atoms. The van der Waals surface area contributed by atoms with Crippen LogP contribution in [0.4, 0.5) is 0 Å². The minimum absolute atomic E-state index is 0.171. The molecule has 0 fully saturated rings. The molecule has 0 radical (unpaired) electrons. The van der Waals surface area contributed by atoms with Gasteiger partial charge in [0.25, 0.3) is 0 Å². The van der Waals surface area contributed by atoms with Gasteiger partial charge in [-0.25, -0.2) is 0 Å². The van der Waals surface area contributed by atoms with E-state index in [1.54, 1.807) is 13.2 Å². The molecule has 2 aromatic rings. The first-order chi connectivity index (χ1) is 14.4. The van der Waals surface area contributed by atoms with Crippen LogP contribution in [0.3, 0.4) is 0 Å². The first kappa shape index (κ1) is 22.1. The first-order valence-corrected chi connectivity index (χ1v) is 11.7. The summed E-state index contributed by atoms with van der Waals surface area (Å²) in [5.74, 6) is -0.424. The van der Waals surface area contributed by atoms with Gasteiger partial charge in [0.2, 0.25) is 0 Å². The van der Waals surface area contributed by atoms with Crippen molar-refractivity contribution in [1.82, 2.24) is 0 Å². The zero-order valence-electron chi connectivity index (χ0n) is 17.6. The molecule has 1 aliphatic rings. The molecule has 1 atom stereocenters. The van der Waals surface area contributed by atoms with Gasteiger partial charge in [0.15, 0.2) is 0 Å². The maximum atomic E-state index is 12.8. The third-order valence-corrected chi connectivity index (χ3v) is 8.42. The maximum absolute atomic E-state index is 12.8. The summed E-state index contributed by atoms with van der Waals surface area (Å²) in [6.07, 6.45) is 2.07.